The summed E-state index contributed by atoms with van der Waals surface area (Å²) in [6, 6.07) is 7.21. The smallest absolute Gasteiger partial charge is 0.264 e. The van der Waals surface area contributed by atoms with Crippen molar-refractivity contribution in [1.29, 1.82) is 0 Å². The van der Waals surface area contributed by atoms with Gasteiger partial charge in [0.2, 0.25) is 0 Å². The third kappa shape index (κ3) is 2.04. The fourth-order valence-corrected chi connectivity index (χ4v) is 2.53. The maximum atomic E-state index is 12.2. The molecule has 1 aromatic heterocycles. The molecule has 1 heterocycles. The number of aromatic nitrogens is 1. The second kappa shape index (κ2) is 5.12. The molecule has 0 aliphatic carbocycles. The van der Waals surface area contributed by atoms with Crippen LogP contribution in [0.25, 0.3) is 10.9 Å². The van der Waals surface area contributed by atoms with Gasteiger partial charge in [0.1, 0.15) is 5.56 Å². The monoisotopic (exact) mass is 283 g/mol. The molecule has 18 heavy (non-hydrogen) atoms. The Morgan fingerprint density at radius 2 is 2.00 bits per heavy atom. The van der Waals surface area contributed by atoms with E-state index >= 15 is 0 Å². The Balaban J connectivity index is 2.96. The molecule has 1 aromatic carbocycles. The van der Waals surface area contributed by atoms with Crippen molar-refractivity contribution in [2.24, 2.45) is 0 Å². The molecule has 0 amide bonds. The lowest BCUT2D eigenvalue weighted by molar-refractivity contribution is 0.108. The summed E-state index contributed by atoms with van der Waals surface area (Å²) in [5.41, 5.74) is 0.141. The first kappa shape index (κ1) is 13.1. The number of aryl methyl sites for hydroxylation is 1. The molecule has 0 spiro atoms. The zero-order valence-corrected chi connectivity index (χ0v) is 11.3. The van der Waals surface area contributed by atoms with Gasteiger partial charge in [-0.15, -0.1) is 0 Å². The number of hydrogen-bond acceptors (Lipinski definition) is 2. The van der Waals surface area contributed by atoms with Gasteiger partial charge in [-0.1, -0.05) is 36.7 Å². The topological polar surface area (TPSA) is 39.1 Å². The van der Waals surface area contributed by atoms with E-state index in [4.69, 9.17) is 23.2 Å². The van der Waals surface area contributed by atoms with Crippen LogP contribution in [0.3, 0.4) is 0 Å². The summed E-state index contributed by atoms with van der Waals surface area (Å²) in [6.45, 7) is 2.48. The summed E-state index contributed by atoms with van der Waals surface area (Å²) in [7, 11) is 0. The third-order valence-corrected chi connectivity index (χ3v) is 3.34. The Kier molecular flexibility index (Phi) is 3.73. The second-order valence-corrected chi connectivity index (χ2v) is 4.66. The van der Waals surface area contributed by atoms with Crippen LogP contribution in [0.1, 0.15) is 23.7 Å². The Morgan fingerprint density at radius 1 is 1.33 bits per heavy atom. The largest absolute Gasteiger partial charge is 0.308 e. The molecular formula is C13H11Cl2NO2. The number of nitrogens with zero attached hydrogens (tertiary/aromatic N) is 1. The molecule has 0 fully saturated rings. The molecule has 0 radical (unpaired) electrons. The van der Waals surface area contributed by atoms with E-state index in [9.17, 15) is 9.59 Å². The van der Waals surface area contributed by atoms with Crippen molar-refractivity contribution in [3.63, 3.8) is 0 Å². The molecule has 0 saturated carbocycles. The van der Waals surface area contributed by atoms with E-state index in [0.29, 0.717) is 11.9 Å². The third-order valence-electron chi connectivity index (χ3n) is 2.75. The molecule has 0 aliphatic heterocycles. The van der Waals surface area contributed by atoms with Gasteiger partial charge in [-0.2, -0.15) is 0 Å². The summed E-state index contributed by atoms with van der Waals surface area (Å²) in [4.78, 5) is 23.6. The standard InChI is InChI=1S/C13H11Cl2NO2/c1-2-7-16-9-6-4-3-5-8(9)11(14)10(12(15)17)13(16)18/h3-6H,2,7H2,1H3. The summed E-state index contributed by atoms with van der Waals surface area (Å²) in [5, 5.41) is -0.0280. The van der Waals surface area contributed by atoms with Crippen LogP contribution >= 0.6 is 23.2 Å². The van der Waals surface area contributed by atoms with Crippen molar-refractivity contribution < 1.29 is 4.79 Å². The van der Waals surface area contributed by atoms with Gasteiger partial charge < -0.3 is 4.57 Å². The zero-order chi connectivity index (χ0) is 13.3. The van der Waals surface area contributed by atoms with Crippen LogP contribution in [0.2, 0.25) is 5.02 Å². The van der Waals surface area contributed by atoms with Crippen molar-refractivity contribution in [1.82, 2.24) is 4.57 Å². The Bertz CT molecular complexity index is 676. The molecule has 2 rings (SSSR count). The van der Waals surface area contributed by atoms with Crippen molar-refractivity contribution in [3.8, 4) is 0 Å². The maximum absolute atomic E-state index is 12.2. The van der Waals surface area contributed by atoms with Crippen LogP contribution in [0, 0.1) is 0 Å². The van der Waals surface area contributed by atoms with Gasteiger partial charge in [0.15, 0.2) is 0 Å². The highest BCUT2D eigenvalue weighted by Crippen LogP contribution is 2.25. The fraction of sp³-hybridized carbons (Fsp3) is 0.231. The zero-order valence-electron chi connectivity index (χ0n) is 9.74. The highest BCUT2D eigenvalue weighted by Gasteiger charge is 2.19. The molecule has 0 aliphatic rings. The lowest BCUT2D eigenvalue weighted by atomic mass is 10.1. The molecule has 0 saturated heterocycles. The van der Waals surface area contributed by atoms with Gasteiger partial charge in [0, 0.05) is 11.9 Å². The van der Waals surface area contributed by atoms with Gasteiger partial charge in [-0.25, -0.2) is 0 Å². The summed E-state index contributed by atoms with van der Waals surface area (Å²) in [5.74, 6) is 0. The Morgan fingerprint density at radius 3 is 2.61 bits per heavy atom. The van der Waals surface area contributed by atoms with Crippen molar-refractivity contribution in [2.75, 3.05) is 0 Å². The Labute approximate surface area is 114 Å². The first-order valence-electron chi connectivity index (χ1n) is 5.58. The predicted molar refractivity (Wildman–Crippen MR) is 73.7 cm³/mol. The van der Waals surface area contributed by atoms with E-state index < -0.39 is 10.8 Å². The summed E-state index contributed by atoms with van der Waals surface area (Å²) >= 11 is 11.5. The van der Waals surface area contributed by atoms with Gasteiger partial charge in [-0.05, 0) is 24.1 Å². The minimum Gasteiger partial charge on any atom is -0.308 e. The number of halogens is 2. The van der Waals surface area contributed by atoms with E-state index in [0.717, 1.165) is 11.9 Å². The number of pyridine rings is 1. The first-order chi connectivity index (χ1) is 8.57. The van der Waals surface area contributed by atoms with Gasteiger partial charge in [-0.3, -0.25) is 9.59 Å². The molecule has 3 nitrogen and oxygen atoms in total. The van der Waals surface area contributed by atoms with Crippen LogP contribution in [-0.4, -0.2) is 9.81 Å². The quantitative estimate of drug-likeness (QED) is 0.810. The number of carbonyl (C=O) groups excluding carboxylic acids is 1. The van der Waals surface area contributed by atoms with E-state index in [1.165, 1.54) is 4.57 Å². The number of hydrogen-bond donors (Lipinski definition) is 0. The number of benzene rings is 1. The van der Waals surface area contributed by atoms with Crippen molar-refractivity contribution in [3.05, 3.63) is 45.2 Å². The van der Waals surface area contributed by atoms with E-state index in [1.54, 1.807) is 18.2 Å². The van der Waals surface area contributed by atoms with E-state index in [2.05, 4.69) is 0 Å². The summed E-state index contributed by atoms with van der Waals surface area (Å²) < 4.78 is 1.54. The maximum Gasteiger partial charge on any atom is 0.264 e. The van der Waals surface area contributed by atoms with Crippen LogP contribution < -0.4 is 5.56 Å². The van der Waals surface area contributed by atoms with E-state index in [1.807, 2.05) is 13.0 Å². The average Bonchev–Trinajstić information content (AvgIpc) is 2.34. The number of para-hydroxylation sites is 1. The van der Waals surface area contributed by atoms with Crippen LogP contribution in [0.5, 0.6) is 0 Å². The number of fused-ring (bicyclic) bond motifs is 1. The molecule has 0 atom stereocenters. The van der Waals surface area contributed by atoms with Crippen LogP contribution in [0.4, 0.5) is 0 Å². The molecule has 0 N–H and O–H groups in total. The predicted octanol–water partition coefficient (Wildman–Crippen LogP) is 3.44. The lowest BCUT2D eigenvalue weighted by Crippen LogP contribution is -2.26. The SMILES string of the molecule is CCCn1c(=O)c(C(=O)Cl)c(Cl)c2ccccc21. The molecule has 94 valence electrons. The average molecular weight is 284 g/mol. The molecule has 0 bridgehead atoms. The van der Waals surface area contributed by atoms with Crippen LogP contribution in [0.15, 0.2) is 29.1 Å². The van der Waals surface area contributed by atoms with Crippen molar-refractivity contribution in [2.45, 2.75) is 19.9 Å². The van der Waals surface area contributed by atoms with Gasteiger partial charge in [0.25, 0.3) is 10.8 Å². The molecular weight excluding hydrogens is 273 g/mol. The fourth-order valence-electron chi connectivity index (χ4n) is 1.98. The van der Waals surface area contributed by atoms with Gasteiger partial charge >= 0.3 is 0 Å². The molecule has 5 heteroatoms. The summed E-state index contributed by atoms with van der Waals surface area (Å²) in [6.07, 6.45) is 0.779. The molecule has 2 aromatic rings. The van der Waals surface area contributed by atoms with Gasteiger partial charge in [0.05, 0.1) is 10.5 Å². The van der Waals surface area contributed by atoms with Crippen molar-refractivity contribution >= 4 is 39.3 Å². The number of rotatable bonds is 3. The Hall–Kier alpha value is -1.32. The highest BCUT2D eigenvalue weighted by atomic mass is 35.5. The lowest BCUT2D eigenvalue weighted by Gasteiger charge is -2.12. The normalized spacial score (nSPS) is 10.8. The second-order valence-electron chi connectivity index (χ2n) is 3.94. The first-order valence-corrected chi connectivity index (χ1v) is 6.34. The molecule has 0 unspecified atom stereocenters. The van der Waals surface area contributed by atoms with Crippen LogP contribution in [-0.2, 0) is 6.54 Å². The highest BCUT2D eigenvalue weighted by molar-refractivity contribution is 6.69. The van der Waals surface area contributed by atoms with E-state index in [-0.39, 0.29) is 10.6 Å². The minimum absolute atomic E-state index is 0.128. The minimum atomic E-state index is -0.819. The number of carbonyl (C=O) groups is 1.